The fourth-order valence-electron chi connectivity index (χ4n) is 1.29. The van der Waals surface area contributed by atoms with Gasteiger partial charge in [-0.25, -0.2) is 0 Å². The van der Waals surface area contributed by atoms with Crippen LogP contribution in [0.25, 0.3) is 0 Å². The van der Waals surface area contributed by atoms with Crippen LogP contribution in [0.3, 0.4) is 0 Å². The van der Waals surface area contributed by atoms with E-state index >= 15 is 0 Å². The van der Waals surface area contributed by atoms with Gasteiger partial charge in [0, 0.05) is 5.69 Å². The molecule has 76 valence electrons. The largest absolute Gasteiger partial charge is 0.496 e. The van der Waals surface area contributed by atoms with E-state index < -0.39 is 0 Å². The third kappa shape index (κ3) is 1.82. The van der Waals surface area contributed by atoms with Crippen LogP contribution in [0.4, 0.5) is 5.69 Å². The van der Waals surface area contributed by atoms with Crippen LogP contribution in [0, 0.1) is 6.92 Å². The zero-order valence-corrected chi connectivity index (χ0v) is 8.89. The number of hydrogen-bond donors (Lipinski definition) is 1. The predicted molar refractivity (Wildman–Crippen MR) is 57.2 cm³/mol. The second-order valence-electron chi connectivity index (χ2n) is 2.91. The molecule has 0 saturated carbocycles. The number of benzene rings is 1. The Bertz CT molecular complexity index is 363. The number of ether oxygens (including phenoxy) is 1. The van der Waals surface area contributed by atoms with Crippen molar-refractivity contribution in [1.82, 2.24) is 0 Å². The minimum Gasteiger partial charge on any atom is -0.496 e. The number of alkyl halides is 1. The highest BCUT2D eigenvalue weighted by Gasteiger charge is 2.15. The highest BCUT2D eigenvalue weighted by molar-refractivity contribution is 6.31. The molecule has 0 atom stereocenters. The molecule has 0 aliphatic carbocycles. The average Bonchev–Trinajstić information content (AvgIpc) is 2.20. The number of hydrogen-bond acceptors (Lipinski definition) is 3. The number of ketones is 1. The van der Waals surface area contributed by atoms with Gasteiger partial charge in [0.1, 0.15) is 5.75 Å². The van der Waals surface area contributed by atoms with Crippen molar-refractivity contribution in [3.63, 3.8) is 0 Å². The minimum absolute atomic E-state index is 0.0688. The maximum Gasteiger partial charge on any atom is 0.181 e. The molecule has 0 aliphatic heterocycles. The third-order valence-electron chi connectivity index (χ3n) is 2.09. The van der Waals surface area contributed by atoms with Crippen LogP contribution in [0.1, 0.15) is 15.9 Å². The highest BCUT2D eigenvalue weighted by atomic mass is 35.5. The van der Waals surface area contributed by atoms with E-state index in [1.807, 2.05) is 0 Å². The number of rotatable bonds is 3. The van der Waals surface area contributed by atoms with Crippen LogP contribution >= 0.6 is 11.6 Å². The Morgan fingerprint density at radius 2 is 2.21 bits per heavy atom. The lowest BCUT2D eigenvalue weighted by atomic mass is 10.0. The van der Waals surface area contributed by atoms with Crippen molar-refractivity contribution >= 4 is 23.1 Å². The molecule has 0 saturated heterocycles. The second kappa shape index (κ2) is 4.33. The van der Waals surface area contributed by atoms with Gasteiger partial charge in [0.2, 0.25) is 0 Å². The lowest BCUT2D eigenvalue weighted by molar-refractivity contribution is 0.101. The maximum absolute atomic E-state index is 11.5. The van der Waals surface area contributed by atoms with E-state index in [9.17, 15) is 4.79 Å². The molecule has 0 aliphatic rings. The first-order valence-corrected chi connectivity index (χ1v) is 4.67. The van der Waals surface area contributed by atoms with Gasteiger partial charge < -0.3 is 10.5 Å². The van der Waals surface area contributed by atoms with Gasteiger partial charge in [-0.3, -0.25) is 4.79 Å². The smallest absolute Gasteiger partial charge is 0.181 e. The van der Waals surface area contributed by atoms with Crippen molar-refractivity contribution in [1.29, 1.82) is 0 Å². The Morgan fingerprint density at radius 1 is 1.57 bits per heavy atom. The Labute approximate surface area is 87.8 Å². The molecule has 0 heterocycles. The second-order valence-corrected chi connectivity index (χ2v) is 3.18. The van der Waals surface area contributed by atoms with E-state index in [1.165, 1.54) is 7.11 Å². The molecule has 4 heteroatoms. The molecular weight excluding hydrogens is 202 g/mol. The Hall–Kier alpha value is -1.22. The number of anilines is 1. The Morgan fingerprint density at radius 3 is 2.71 bits per heavy atom. The van der Waals surface area contributed by atoms with Crippen LogP contribution in [0.15, 0.2) is 12.1 Å². The van der Waals surface area contributed by atoms with Crippen LogP contribution in [-0.4, -0.2) is 18.8 Å². The van der Waals surface area contributed by atoms with E-state index in [0.717, 1.165) is 5.56 Å². The van der Waals surface area contributed by atoms with Crippen molar-refractivity contribution in [3.8, 4) is 5.75 Å². The van der Waals surface area contributed by atoms with Gasteiger partial charge in [-0.05, 0) is 24.6 Å². The van der Waals surface area contributed by atoms with Crippen LogP contribution in [0.2, 0.25) is 0 Å². The van der Waals surface area contributed by atoms with Crippen molar-refractivity contribution in [2.24, 2.45) is 0 Å². The zero-order chi connectivity index (χ0) is 10.7. The van der Waals surface area contributed by atoms with E-state index in [2.05, 4.69) is 0 Å². The fourth-order valence-corrected chi connectivity index (χ4v) is 1.42. The number of nitrogens with two attached hydrogens (primary N) is 1. The van der Waals surface area contributed by atoms with E-state index in [4.69, 9.17) is 22.1 Å². The van der Waals surface area contributed by atoms with Gasteiger partial charge >= 0.3 is 0 Å². The molecule has 1 rings (SSSR count). The molecule has 1 aromatic rings. The number of methoxy groups -OCH3 is 1. The van der Waals surface area contributed by atoms with E-state index in [0.29, 0.717) is 17.0 Å². The maximum atomic E-state index is 11.5. The van der Waals surface area contributed by atoms with Crippen molar-refractivity contribution < 1.29 is 9.53 Å². The summed E-state index contributed by atoms with van der Waals surface area (Å²) < 4.78 is 5.07. The molecule has 2 N–H and O–H groups in total. The Balaban J connectivity index is 3.35. The molecule has 0 unspecified atom stereocenters. The van der Waals surface area contributed by atoms with Crippen molar-refractivity contribution in [2.75, 3.05) is 18.7 Å². The summed E-state index contributed by atoms with van der Waals surface area (Å²) in [5.41, 5.74) is 7.45. The van der Waals surface area contributed by atoms with Crippen LogP contribution in [0.5, 0.6) is 5.75 Å². The van der Waals surface area contributed by atoms with E-state index in [-0.39, 0.29) is 11.7 Å². The van der Waals surface area contributed by atoms with Crippen molar-refractivity contribution in [2.45, 2.75) is 6.92 Å². The van der Waals surface area contributed by atoms with Gasteiger partial charge in [-0.15, -0.1) is 11.6 Å². The molecule has 14 heavy (non-hydrogen) atoms. The molecule has 0 aromatic heterocycles. The molecule has 3 nitrogen and oxygen atoms in total. The molecule has 0 spiro atoms. The van der Waals surface area contributed by atoms with Gasteiger partial charge in [0.25, 0.3) is 0 Å². The van der Waals surface area contributed by atoms with Gasteiger partial charge in [-0.1, -0.05) is 0 Å². The number of carbonyl (C=O) groups excluding carboxylic acids is 1. The number of carbonyl (C=O) groups is 1. The monoisotopic (exact) mass is 213 g/mol. The Kier molecular flexibility index (Phi) is 3.36. The first-order chi connectivity index (χ1) is 6.61. The lowest BCUT2D eigenvalue weighted by Gasteiger charge is -2.11. The quantitative estimate of drug-likeness (QED) is 0.475. The minimum atomic E-state index is -0.173. The van der Waals surface area contributed by atoms with Gasteiger partial charge in [0.15, 0.2) is 5.78 Å². The van der Waals surface area contributed by atoms with Crippen LogP contribution < -0.4 is 10.5 Å². The third-order valence-corrected chi connectivity index (χ3v) is 2.33. The molecule has 1 aromatic carbocycles. The van der Waals surface area contributed by atoms with E-state index in [1.54, 1.807) is 19.1 Å². The first-order valence-electron chi connectivity index (χ1n) is 4.14. The summed E-state index contributed by atoms with van der Waals surface area (Å²) in [6.45, 7) is 1.78. The number of Topliss-reactive ketones (excluding diaryl/α,β-unsaturated/α-hetero) is 1. The zero-order valence-electron chi connectivity index (χ0n) is 8.13. The first kappa shape index (κ1) is 10.9. The fraction of sp³-hybridized carbons (Fsp3) is 0.300. The lowest BCUT2D eigenvalue weighted by Crippen LogP contribution is -2.07. The average molecular weight is 214 g/mol. The summed E-state index contributed by atoms with van der Waals surface area (Å²) >= 11 is 5.49. The SMILES string of the molecule is COc1ccc(N)c(C)c1C(=O)CCl. The molecule has 0 amide bonds. The summed E-state index contributed by atoms with van der Waals surface area (Å²) in [5.74, 6) is 0.274. The predicted octanol–water partition coefficient (Wildman–Crippen LogP) is 2.01. The van der Waals surface area contributed by atoms with Gasteiger partial charge in [0.05, 0.1) is 18.6 Å². The molecule has 0 radical (unpaired) electrons. The van der Waals surface area contributed by atoms with Crippen LogP contribution in [-0.2, 0) is 0 Å². The topological polar surface area (TPSA) is 52.3 Å². The summed E-state index contributed by atoms with van der Waals surface area (Å²) in [7, 11) is 1.51. The molecule has 0 bridgehead atoms. The number of nitrogen functional groups attached to an aromatic ring is 1. The standard InChI is InChI=1S/C10H12ClNO2/c1-6-7(12)3-4-9(14-2)10(6)8(13)5-11/h3-4H,5,12H2,1-2H3. The molecule has 0 fully saturated rings. The highest BCUT2D eigenvalue weighted by Crippen LogP contribution is 2.27. The molecular formula is C10H12ClNO2. The summed E-state index contributed by atoms with van der Waals surface area (Å²) in [5, 5.41) is 0. The summed E-state index contributed by atoms with van der Waals surface area (Å²) in [6, 6.07) is 3.38. The van der Waals surface area contributed by atoms with Gasteiger partial charge in [-0.2, -0.15) is 0 Å². The summed E-state index contributed by atoms with van der Waals surface area (Å²) in [4.78, 5) is 11.5. The van der Waals surface area contributed by atoms with Crippen molar-refractivity contribution in [3.05, 3.63) is 23.3 Å². The number of halogens is 1. The normalized spacial score (nSPS) is 9.93. The summed E-state index contributed by atoms with van der Waals surface area (Å²) in [6.07, 6.45) is 0.